The Morgan fingerprint density at radius 1 is 1.17 bits per heavy atom. The summed E-state index contributed by atoms with van der Waals surface area (Å²) in [5.74, 6) is -2.32. The number of benzene rings is 1. The lowest BCUT2D eigenvalue weighted by Crippen LogP contribution is -2.43. The number of carbonyl (C=O) groups is 1. The fourth-order valence-electron chi connectivity index (χ4n) is 3.05. The number of anilines is 3. The molecule has 150 valence electrons. The van der Waals surface area contributed by atoms with Crippen molar-refractivity contribution >= 4 is 23.3 Å². The molecule has 0 spiro atoms. The number of aromatic nitrogens is 2. The minimum atomic E-state index is -0.898. The molecular formula is C19H18F2N6O2. The second kappa shape index (κ2) is 7.84. The molecule has 3 heterocycles. The zero-order chi connectivity index (χ0) is 20.4. The molecule has 4 rings (SSSR count). The molecule has 1 saturated heterocycles. The number of halogens is 2. The molecule has 0 radical (unpaired) electrons. The first kappa shape index (κ1) is 18.8. The third-order valence-corrected chi connectivity index (χ3v) is 4.48. The summed E-state index contributed by atoms with van der Waals surface area (Å²) in [7, 11) is 0. The van der Waals surface area contributed by atoms with Gasteiger partial charge in [-0.1, -0.05) is 6.07 Å². The number of nitrogens with one attached hydrogen (secondary N) is 2. The highest BCUT2D eigenvalue weighted by Gasteiger charge is 2.23. The first-order valence-electron chi connectivity index (χ1n) is 8.96. The number of pyridine rings is 1. The molecule has 10 heteroatoms. The third kappa shape index (κ3) is 3.87. The van der Waals surface area contributed by atoms with Gasteiger partial charge in [0.2, 0.25) is 11.8 Å². The van der Waals surface area contributed by atoms with Crippen LogP contribution in [0.15, 0.2) is 40.9 Å². The van der Waals surface area contributed by atoms with Crippen LogP contribution in [0.1, 0.15) is 10.5 Å². The summed E-state index contributed by atoms with van der Waals surface area (Å²) < 4.78 is 33.5. The SMILES string of the molecule is NC(=O)c1nc(-c2c(F)cccc2F)oc1Nc1ccc(N2CCNCC2)nc1. The summed E-state index contributed by atoms with van der Waals surface area (Å²) in [5.41, 5.74) is 5.10. The number of hydrogen-bond acceptors (Lipinski definition) is 7. The first-order valence-corrected chi connectivity index (χ1v) is 8.96. The Labute approximate surface area is 164 Å². The molecule has 2 aromatic heterocycles. The molecule has 29 heavy (non-hydrogen) atoms. The monoisotopic (exact) mass is 400 g/mol. The lowest BCUT2D eigenvalue weighted by Gasteiger charge is -2.28. The van der Waals surface area contributed by atoms with Gasteiger partial charge in [-0.05, 0) is 24.3 Å². The van der Waals surface area contributed by atoms with E-state index in [0.717, 1.165) is 44.1 Å². The van der Waals surface area contributed by atoms with Crippen LogP contribution in [0.2, 0.25) is 0 Å². The van der Waals surface area contributed by atoms with Gasteiger partial charge >= 0.3 is 0 Å². The van der Waals surface area contributed by atoms with E-state index in [1.165, 1.54) is 6.07 Å². The maximum Gasteiger partial charge on any atom is 0.273 e. The lowest BCUT2D eigenvalue weighted by atomic mass is 10.2. The molecular weight excluding hydrogens is 382 g/mol. The Bertz CT molecular complexity index is 1010. The highest BCUT2D eigenvalue weighted by atomic mass is 19.1. The predicted octanol–water partition coefficient (Wildman–Crippen LogP) is 2.27. The van der Waals surface area contributed by atoms with Crippen LogP contribution in [-0.4, -0.2) is 42.1 Å². The van der Waals surface area contributed by atoms with Crippen molar-refractivity contribution in [2.75, 3.05) is 36.4 Å². The van der Waals surface area contributed by atoms with Gasteiger partial charge in [0.05, 0.1) is 11.9 Å². The normalized spacial score (nSPS) is 14.1. The quantitative estimate of drug-likeness (QED) is 0.603. The third-order valence-electron chi connectivity index (χ3n) is 4.48. The van der Waals surface area contributed by atoms with Gasteiger partial charge in [0.25, 0.3) is 5.91 Å². The van der Waals surface area contributed by atoms with E-state index in [2.05, 4.69) is 25.5 Å². The predicted molar refractivity (Wildman–Crippen MR) is 103 cm³/mol. The Hall–Kier alpha value is -3.53. The molecule has 0 bridgehead atoms. The molecule has 1 fully saturated rings. The van der Waals surface area contributed by atoms with Crippen LogP contribution in [0.4, 0.5) is 26.2 Å². The topological polar surface area (TPSA) is 109 Å². The van der Waals surface area contributed by atoms with E-state index < -0.39 is 23.1 Å². The number of primary amides is 1. The fourth-order valence-corrected chi connectivity index (χ4v) is 3.05. The maximum atomic E-state index is 14.0. The molecule has 1 amide bonds. The van der Waals surface area contributed by atoms with Gasteiger partial charge in [-0.2, -0.15) is 0 Å². The molecule has 1 aliphatic heterocycles. The van der Waals surface area contributed by atoms with Crippen LogP contribution in [-0.2, 0) is 0 Å². The second-order valence-corrected chi connectivity index (χ2v) is 6.42. The van der Waals surface area contributed by atoms with Gasteiger partial charge in [-0.15, -0.1) is 0 Å². The van der Waals surface area contributed by atoms with Crippen molar-refractivity contribution in [1.82, 2.24) is 15.3 Å². The summed E-state index contributed by atoms with van der Waals surface area (Å²) in [6, 6.07) is 6.93. The van der Waals surface area contributed by atoms with Gasteiger partial charge in [0, 0.05) is 26.2 Å². The first-order chi connectivity index (χ1) is 14.0. The minimum Gasteiger partial charge on any atom is -0.419 e. The van der Waals surface area contributed by atoms with E-state index in [0.29, 0.717) is 5.69 Å². The molecule has 8 nitrogen and oxygen atoms in total. The zero-order valence-corrected chi connectivity index (χ0v) is 15.3. The molecule has 1 aromatic carbocycles. The number of hydrogen-bond donors (Lipinski definition) is 3. The van der Waals surface area contributed by atoms with Crippen molar-refractivity contribution in [3.63, 3.8) is 0 Å². The van der Waals surface area contributed by atoms with Gasteiger partial charge in [-0.25, -0.2) is 18.7 Å². The average molecular weight is 400 g/mol. The molecule has 4 N–H and O–H groups in total. The number of oxazole rings is 1. The lowest BCUT2D eigenvalue weighted by molar-refractivity contribution is 0.0996. The van der Waals surface area contributed by atoms with Gasteiger partial charge in [0.1, 0.15) is 23.0 Å². The Kier molecular flexibility index (Phi) is 5.09. The zero-order valence-electron chi connectivity index (χ0n) is 15.3. The van der Waals surface area contributed by atoms with E-state index in [-0.39, 0.29) is 17.5 Å². The summed E-state index contributed by atoms with van der Waals surface area (Å²) in [5, 5.41) is 6.12. The second-order valence-electron chi connectivity index (χ2n) is 6.42. The van der Waals surface area contributed by atoms with Crippen molar-refractivity contribution in [3.05, 3.63) is 53.9 Å². The van der Waals surface area contributed by atoms with Crippen LogP contribution in [0, 0.1) is 11.6 Å². The van der Waals surface area contributed by atoms with Gasteiger partial charge < -0.3 is 25.7 Å². The fraction of sp³-hybridized carbons (Fsp3) is 0.211. The Morgan fingerprint density at radius 3 is 2.52 bits per heavy atom. The summed E-state index contributed by atoms with van der Waals surface area (Å²) in [6.07, 6.45) is 1.56. The number of nitrogens with two attached hydrogens (primary N) is 1. The largest absolute Gasteiger partial charge is 0.419 e. The van der Waals surface area contributed by atoms with Crippen molar-refractivity contribution < 1.29 is 18.0 Å². The maximum absolute atomic E-state index is 14.0. The smallest absolute Gasteiger partial charge is 0.273 e. The van der Waals surface area contributed by atoms with E-state index >= 15 is 0 Å². The molecule has 1 aliphatic rings. The summed E-state index contributed by atoms with van der Waals surface area (Å²) in [4.78, 5) is 22.1. The Morgan fingerprint density at radius 2 is 1.90 bits per heavy atom. The van der Waals surface area contributed by atoms with Crippen molar-refractivity contribution in [3.8, 4) is 11.5 Å². The van der Waals surface area contributed by atoms with Gasteiger partial charge in [0.15, 0.2) is 5.69 Å². The average Bonchev–Trinajstić information content (AvgIpc) is 3.13. The van der Waals surface area contributed by atoms with Crippen molar-refractivity contribution in [1.29, 1.82) is 0 Å². The number of carbonyl (C=O) groups excluding carboxylic acids is 1. The van der Waals surface area contributed by atoms with Crippen LogP contribution < -0.4 is 21.3 Å². The van der Waals surface area contributed by atoms with Crippen molar-refractivity contribution in [2.45, 2.75) is 0 Å². The van der Waals surface area contributed by atoms with Crippen LogP contribution >= 0.6 is 0 Å². The van der Waals surface area contributed by atoms with Crippen LogP contribution in [0.3, 0.4) is 0 Å². The highest BCUT2D eigenvalue weighted by Crippen LogP contribution is 2.31. The number of rotatable bonds is 5. The highest BCUT2D eigenvalue weighted by molar-refractivity contribution is 5.96. The number of nitrogens with zero attached hydrogens (tertiary/aromatic N) is 3. The van der Waals surface area contributed by atoms with Crippen molar-refractivity contribution in [2.24, 2.45) is 5.73 Å². The Balaban J connectivity index is 1.61. The number of amides is 1. The van der Waals surface area contributed by atoms with E-state index in [1.54, 1.807) is 12.3 Å². The summed E-state index contributed by atoms with van der Waals surface area (Å²) >= 11 is 0. The van der Waals surface area contributed by atoms with E-state index in [9.17, 15) is 13.6 Å². The van der Waals surface area contributed by atoms with Crippen LogP contribution in [0.25, 0.3) is 11.5 Å². The molecule has 0 unspecified atom stereocenters. The number of piperazine rings is 1. The molecule has 0 saturated carbocycles. The minimum absolute atomic E-state index is 0.119. The molecule has 3 aromatic rings. The standard InChI is InChI=1S/C19H18F2N6O2/c20-12-2-1-3-13(21)15(12)18-26-16(17(22)28)19(29-18)25-11-4-5-14(24-10-11)27-8-6-23-7-9-27/h1-5,10,23,25H,6-9H2,(H2,22,28). The summed E-state index contributed by atoms with van der Waals surface area (Å²) in [6.45, 7) is 3.48. The molecule has 0 atom stereocenters. The van der Waals surface area contributed by atoms with E-state index in [1.807, 2.05) is 6.07 Å². The van der Waals surface area contributed by atoms with E-state index in [4.69, 9.17) is 10.2 Å². The van der Waals surface area contributed by atoms with Gasteiger partial charge in [-0.3, -0.25) is 4.79 Å². The van der Waals surface area contributed by atoms with Crippen LogP contribution in [0.5, 0.6) is 0 Å². The molecule has 0 aliphatic carbocycles.